The van der Waals surface area contributed by atoms with Crippen LogP contribution in [-0.2, 0) is 6.21 Å². The van der Waals surface area contributed by atoms with Crippen LogP contribution in [-0.4, -0.2) is 55.5 Å². The van der Waals surface area contributed by atoms with Crippen LogP contribution >= 0.6 is 0 Å². The van der Waals surface area contributed by atoms with Gasteiger partial charge in [0.2, 0.25) is 0 Å². The first kappa shape index (κ1) is 10.3. The van der Waals surface area contributed by atoms with Crippen LogP contribution in [0.15, 0.2) is 0 Å². The molecule has 2 N–H and O–H groups in total. The topological polar surface area (TPSA) is 74.6 Å². The Bertz CT molecular complexity index is 90.7. The van der Waals surface area contributed by atoms with Crippen LogP contribution in [0.1, 0.15) is 0 Å². The van der Waals surface area contributed by atoms with Crippen molar-refractivity contribution in [1.82, 2.24) is 0 Å². The van der Waals surface area contributed by atoms with Crippen molar-refractivity contribution in [3.8, 4) is 0 Å². The van der Waals surface area contributed by atoms with Gasteiger partial charge in [-0.2, -0.15) is 0 Å². The second-order valence-corrected chi connectivity index (χ2v) is 3.00. The Hall–Kier alpha value is 1.31. The average molecular weight is 218 g/mol. The van der Waals surface area contributed by atoms with Gasteiger partial charge in [0.1, 0.15) is 0 Å². The summed E-state index contributed by atoms with van der Waals surface area (Å²) in [6.45, 7) is 0. The van der Waals surface area contributed by atoms with Gasteiger partial charge in [-0.05, 0) is 0 Å². The predicted molar refractivity (Wildman–Crippen MR) is 18.7 cm³/mol. The third-order valence-electron chi connectivity index (χ3n) is 0. The van der Waals surface area contributed by atoms with E-state index in [4.69, 9.17) is 13.2 Å². The first-order valence-electron chi connectivity index (χ1n) is 0.698. The van der Waals surface area contributed by atoms with Gasteiger partial charge in [0, 0.05) is 0 Å². The Kier molecular flexibility index (Phi) is 5.73. The SMILES string of the molecule is O=[Te](=O)(O)O.[NaH]. The van der Waals surface area contributed by atoms with Gasteiger partial charge in [0.25, 0.3) is 0 Å². The summed E-state index contributed by atoms with van der Waals surface area (Å²) < 4.78 is 32.0. The summed E-state index contributed by atoms with van der Waals surface area (Å²) in [6.07, 6.45) is 0. The molecule has 0 aliphatic carbocycles. The van der Waals surface area contributed by atoms with E-state index in [1.165, 1.54) is 0 Å². The van der Waals surface area contributed by atoms with Crippen molar-refractivity contribution in [2.24, 2.45) is 0 Å². The first-order chi connectivity index (χ1) is 2.00. The van der Waals surface area contributed by atoms with Crippen LogP contribution in [0.3, 0.4) is 0 Å². The normalized spacial score (nSPS) is 9.67. The van der Waals surface area contributed by atoms with E-state index < -0.39 is 19.0 Å². The fraction of sp³-hybridized carbons (Fsp3) is 0. The number of hydrogen-bond acceptors (Lipinski definition) is 2. The molecule has 0 aliphatic heterocycles. The number of rotatable bonds is 0. The Labute approximate surface area is 61.1 Å². The van der Waals surface area contributed by atoms with Gasteiger partial charge in [-0.15, -0.1) is 0 Å². The van der Waals surface area contributed by atoms with Gasteiger partial charge in [0.15, 0.2) is 0 Å². The first-order valence-corrected chi connectivity index (χ1v) is 4.69. The minimum atomic E-state index is -5.52. The van der Waals surface area contributed by atoms with Crippen molar-refractivity contribution in [2.45, 2.75) is 0 Å². The van der Waals surface area contributed by atoms with Crippen LogP contribution in [0.5, 0.6) is 0 Å². The molecule has 0 amide bonds. The van der Waals surface area contributed by atoms with Crippen molar-refractivity contribution in [3.05, 3.63) is 0 Å². The molecule has 0 saturated heterocycles. The van der Waals surface area contributed by atoms with E-state index in [0.717, 1.165) is 0 Å². The molecule has 0 aromatic heterocycles. The monoisotopic (exact) mass is 220 g/mol. The van der Waals surface area contributed by atoms with E-state index in [0.29, 0.717) is 0 Å². The Balaban J connectivity index is 0. The van der Waals surface area contributed by atoms with E-state index in [1.807, 2.05) is 0 Å². The Morgan fingerprint density at radius 3 is 1.17 bits per heavy atom. The fourth-order valence-electron chi connectivity index (χ4n) is 0. The van der Waals surface area contributed by atoms with Gasteiger partial charge in [-0.3, -0.25) is 0 Å². The molecule has 0 radical (unpaired) electrons. The average Bonchev–Trinajstić information content (AvgIpc) is 0.722. The van der Waals surface area contributed by atoms with Crippen LogP contribution in [0.25, 0.3) is 0 Å². The molecule has 0 atom stereocenters. The van der Waals surface area contributed by atoms with Crippen LogP contribution < -0.4 is 0 Å². The summed E-state index contributed by atoms with van der Waals surface area (Å²) in [4.78, 5) is 0. The zero-order valence-electron chi connectivity index (χ0n) is 2.12. The number of hydrogen-bond donors (Lipinski definition) is 2. The summed E-state index contributed by atoms with van der Waals surface area (Å²) in [5, 5.41) is 0. The summed E-state index contributed by atoms with van der Waals surface area (Å²) >= 11 is -5.52. The second-order valence-electron chi connectivity index (χ2n) is 0.448. The summed E-state index contributed by atoms with van der Waals surface area (Å²) in [6, 6.07) is 0. The van der Waals surface area contributed by atoms with E-state index in [2.05, 4.69) is 0 Å². The van der Waals surface area contributed by atoms with Crippen molar-refractivity contribution in [1.29, 1.82) is 0 Å². The molecule has 0 unspecified atom stereocenters. The van der Waals surface area contributed by atoms with E-state index in [9.17, 15) is 0 Å². The summed E-state index contributed by atoms with van der Waals surface area (Å²) in [5.74, 6) is 0. The maximum absolute atomic E-state index is 8.85. The molecule has 6 heavy (non-hydrogen) atoms. The second kappa shape index (κ2) is 3.33. The third-order valence-corrected chi connectivity index (χ3v) is 0. The van der Waals surface area contributed by atoms with Crippen molar-refractivity contribution < 1.29 is 13.2 Å². The molecule has 0 bridgehead atoms. The predicted octanol–water partition coefficient (Wildman–Crippen LogP) is -2.38. The van der Waals surface area contributed by atoms with Gasteiger partial charge < -0.3 is 0 Å². The molecule has 0 aliphatic rings. The third kappa shape index (κ3) is 57.5. The van der Waals surface area contributed by atoms with E-state index in [1.54, 1.807) is 0 Å². The fourth-order valence-corrected chi connectivity index (χ4v) is 0. The minimum absolute atomic E-state index is 0. The van der Waals surface area contributed by atoms with E-state index in [-0.39, 0.29) is 29.6 Å². The van der Waals surface area contributed by atoms with Crippen molar-refractivity contribution >= 4 is 48.5 Å². The van der Waals surface area contributed by atoms with Gasteiger partial charge in [-0.25, -0.2) is 0 Å². The van der Waals surface area contributed by atoms with Crippen LogP contribution in [0.4, 0.5) is 0 Å². The van der Waals surface area contributed by atoms with E-state index >= 15 is 0 Å². The molecule has 0 heterocycles. The molecule has 6 heteroatoms. The van der Waals surface area contributed by atoms with Crippen LogP contribution in [0.2, 0.25) is 0 Å². The molecule has 4 nitrogen and oxygen atoms in total. The zero-order valence-corrected chi connectivity index (χ0v) is 4.45. The summed E-state index contributed by atoms with van der Waals surface area (Å²) in [7, 11) is 0. The molecular weight excluding hydrogens is 215 g/mol. The molecular formula is H3NaO4Te. The molecule has 0 fully saturated rings. The molecule has 0 saturated carbocycles. The zero-order chi connectivity index (χ0) is 4.50. The van der Waals surface area contributed by atoms with Crippen LogP contribution in [0, 0.1) is 0 Å². The Morgan fingerprint density at radius 1 is 1.17 bits per heavy atom. The molecule has 0 rings (SSSR count). The molecule has 34 valence electrons. The van der Waals surface area contributed by atoms with Gasteiger partial charge in [0.05, 0.1) is 0 Å². The quantitative estimate of drug-likeness (QED) is 0.445. The standard InChI is InChI=1S/Na.H2O4Te.H/c;1-5(2,3)4;/h;(H2,1,2,3,4);. The molecule has 0 aromatic rings. The van der Waals surface area contributed by atoms with Crippen molar-refractivity contribution in [2.75, 3.05) is 0 Å². The van der Waals surface area contributed by atoms with Gasteiger partial charge >= 0.3 is 61.7 Å². The maximum atomic E-state index is 8.85. The van der Waals surface area contributed by atoms with Crippen molar-refractivity contribution in [3.63, 3.8) is 0 Å². The Morgan fingerprint density at radius 2 is 1.17 bits per heavy atom. The van der Waals surface area contributed by atoms with Gasteiger partial charge in [-0.1, -0.05) is 0 Å². The molecule has 0 aromatic carbocycles. The molecule has 0 spiro atoms. The summed E-state index contributed by atoms with van der Waals surface area (Å²) in [5.41, 5.74) is 0.